The Morgan fingerprint density at radius 2 is 1.75 bits per heavy atom. The Morgan fingerprint density at radius 3 is 2.46 bits per heavy atom. The highest BCUT2D eigenvalue weighted by atomic mass is 32.2. The highest BCUT2D eigenvalue weighted by Crippen LogP contribution is 2.24. The Balaban J connectivity index is 1.98. The molecular formula is C22H18N2O3S. The fourth-order valence-corrected chi connectivity index (χ4v) is 3.15. The van der Waals surface area contributed by atoms with Crippen LogP contribution in [0.4, 0.5) is 11.4 Å². The lowest BCUT2D eigenvalue weighted by atomic mass is 10.0. The summed E-state index contributed by atoms with van der Waals surface area (Å²) in [6.45, 7) is 0. The summed E-state index contributed by atoms with van der Waals surface area (Å²) in [5.74, 6) is -0.282. The van der Waals surface area contributed by atoms with E-state index < -0.39 is 4.92 Å². The minimum atomic E-state index is -0.451. The summed E-state index contributed by atoms with van der Waals surface area (Å²) in [4.78, 5) is 24.7. The summed E-state index contributed by atoms with van der Waals surface area (Å²) in [5, 5.41) is 14.0. The van der Waals surface area contributed by atoms with Gasteiger partial charge in [-0.2, -0.15) is 0 Å². The lowest BCUT2D eigenvalue weighted by Crippen LogP contribution is -2.13. The Morgan fingerprint density at radius 1 is 1.00 bits per heavy atom. The van der Waals surface area contributed by atoms with Crippen molar-refractivity contribution in [2.75, 3.05) is 11.6 Å². The normalized spacial score (nSPS) is 11.1. The zero-order valence-electron chi connectivity index (χ0n) is 15.2. The summed E-state index contributed by atoms with van der Waals surface area (Å²) in [5.41, 5.74) is 2.41. The van der Waals surface area contributed by atoms with Crippen molar-refractivity contribution in [3.8, 4) is 0 Å². The molecule has 1 N–H and O–H groups in total. The molecule has 0 spiro atoms. The van der Waals surface area contributed by atoms with Crippen LogP contribution < -0.4 is 5.32 Å². The summed E-state index contributed by atoms with van der Waals surface area (Å²) in [7, 11) is 0. The topological polar surface area (TPSA) is 72.2 Å². The van der Waals surface area contributed by atoms with E-state index in [9.17, 15) is 14.9 Å². The molecule has 0 radical (unpaired) electrons. The zero-order valence-corrected chi connectivity index (χ0v) is 16.0. The number of nitrogens with zero attached hydrogens (tertiary/aromatic N) is 1. The highest BCUT2D eigenvalue weighted by Gasteiger charge is 2.14. The van der Waals surface area contributed by atoms with Crippen LogP contribution in [0.3, 0.4) is 0 Å². The summed E-state index contributed by atoms with van der Waals surface area (Å²) in [6, 6.07) is 23.0. The average molecular weight is 390 g/mol. The number of carbonyl (C=O) groups is 1. The number of carbonyl (C=O) groups excluding carboxylic acids is 1. The lowest BCUT2D eigenvalue weighted by molar-refractivity contribution is -0.384. The van der Waals surface area contributed by atoms with E-state index in [0.29, 0.717) is 16.8 Å². The van der Waals surface area contributed by atoms with E-state index in [2.05, 4.69) is 5.32 Å². The number of rotatable bonds is 6. The van der Waals surface area contributed by atoms with E-state index in [-0.39, 0.29) is 11.6 Å². The van der Waals surface area contributed by atoms with Gasteiger partial charge in [-0.05, 0) is 41.7 Å². The van der Waals surface area contributed by atoms with Gasteiger partial charge in [-0.3, -0.25) is 14.9 Å². The smallest absolute Gasteiger partial charge is 0.270 e. The molecule has 3 rings (SSSR count). The standard InChI is InChI=1S/C22H18N2O3S/c1-28-20-12-6-10-18(15-20)23-22(25)21(17-8-3-2-4-9-17)14-16-7-5-11-19(13-16)24(26)27/h2-15H,1H3,(H,23,25)/b21-14+. The van der Waals surface area contributed by atoms with E-state index in [1.807, 2.05) is 60.9 Å². The van der Waals surface area contributed by atoms with Gasteiger partial charge in [0.25, 0.3) is 11.6 Å². The van der Waals surface area contributed by atoms with E-state index in [0.717, 1.165) is 10.5 Å². The van der Waals surface area contributed by atoms with Gasteiger partial charge >= 0.3 is 0 Å². The SMILES string of the molecule is CSc1cccc(NC(=O)/C(=C/c2cccc([N+](=O)[O-])c2)c2ccccc2)c1. The first kappa shape index (κ1) is 19.4. The summed E-state index contributed by atoms with van der Waals surface area (Å²) < 4.78 is 0. The van der Waals surface area contributed by atoms with E-state index in [4.69, 9.17) is 0 Å². The highest BCUT2D eigenvalue weighted by molar-refractivity contribution is 7.98. The van der Waals surface area contributed by atoms with Gasteiger partial charge in [-0.15, -0.1) is 11.8 Å². The van der Waals surface area contributed by atoms with Crippen molar-refractivity contribution in [2.45, 2.75) is 4.90 Å². The van der Waals surface area contributed by atoms with Crippen LogP contribution in [0.15, 0.2) is 83.8 Å². The van der Waals surface area contributed by atoms with Crippen LogP contribution in [0.25, 0.3) is 11.6 Å². The van der Waals surface area contributed by atoms with Gasteiger partial charge in [0.05, 0.1) is 4.92 Å². The Hall–Kier alpha value is -3.38. The van der Waals surface area contributed by atoms with Crippen molar-refractivity contribution in [3.05, 3.63) is 100 Å². The van der Waals surface area contributed by atoms with Gasteiger partial charge in [0.2, 0.25) is 0 Å². The van der Waals surface area contributed by atoms with Crippen molar-refractivity contribution in [1.29, 1.82) is 0 Å². The van der Waals surface area contributed by atoms with Crippen LogP contribution in [0.5, 0.6) is 0 Å². The molecule has 0 bridgehead atoms. The molecule has 0 aliphatic carbocycles. The molecule has 0 heterocycles. The van der Waals surface area contributed by atoms with E-state index in [1.165, 1.54) is 12.1 Å². The van der Waals surface area contributed by atoms with Crippen LogP contribution in [-0.4, -0.2) is 17.1 Å². The van der Waals surface area contributed by atoms with Crippen molar-refractivity contribution in [3.63, 3.8) is 0 Å². The third-order valence-electron chi connectivity index (χ3n) is 4.05. The molecule has 5 nitrogen and oxygen atoms in total. The molecule has 0 atom stereocenters. The first-order chi connectivity index (χ1) is 13.6. The van der Waals surface area contributed by atoms with Crippen LogP contribution in [0.1, 0.15) is 11.1 Å². The molecule has 0 fully saturated rings. The summed E-state index contributed by atoms with van der Waals surface area (Å²) in [6.07, 6.45) is 3.63. The van der Waals surface area contributed by atoms with Crippen molar-refractivity contribution in [2.24, 2.45) is 0 Å². The molecule has 28 heavy (non-hydrogen) atoms. The van der Waals surface area contributed by atoms with Crippen molar-refractivity contribution >= 4 is 40.7 Å². The fourth-order valence-electron chi connectivity index (χ4n) is 2.69. The molecule has 0 saturated heterocycles. The monoisotopic (exact) mass is 390 g/mol. The number of non-ortho nitro benzene ring substituents is 1. The number of nitro groups is 1. The number of nitrogens with one attached hydrogen (secondary N) is 1. The van der Waals surface area contributed by atoms with Crippen molar-refractivity contribution < 1.29 is 9.72 Å². The quantitative estimate of drug-likeness (QED) is 0.198. The fraction of sp³-hybridized carbons (Fsp3) is 0.0455. The third kappa shape index (κ3) is 4.86. The van der Waals surface area contributed by atoms with Crippen LogP contribution in [0, 0.1) is 10.1 Å². The van der Waals surface area contributed by atoms with Gasteiger partial charge in [0.15, 0.2) is 0 Å². The Labute approximate surface area is 167 Å². The molecular weight excluding hydrogens is 372 g/mol. The number of amides is 1. The first-order valence-electron chi connectivity index (χ1n) is 8.54. The van der Waals surface area contributed by atoms with Crippen molar-refractivity contribution in [1.82, 2.24) is 0 Å². The third-order valence-corrected chi connectivity index (χ3v) is 4.77. The molecule has 3 aromatic carbocycles. The molecule has 6 heteroatoms. The second kappa shape index (κ2) is 9.01. The number of anilines is 1. The van der Waals surface area contributed by atoms with Gasteiger partial charge in [-0.1, -0.05) is 48.5 Å². The Bertz CT molecular complexity index is 1030. The zero-order chi connectivity index (χ0) is 19.9. The maximum absolute atomic E-state index is 13.0. The minimum Gasteiger partial charge on any atom is -0.322 e. The van der Waals surface area contributed by atoms with E-state index >= 15 is 0 Å². The molecule has 3 aromatic rings. The largest absolute Gasteiger partial charge is 0.322 e. The maximum Gasteiger partial charge on any atom is 0.270 e. The molecule has 0 aliphatic heterocycles. The minimum absolute atomic E-state index is 0.0192. The Kier molecular flexibility index (Phi) is 6.24. The lowest BCUT2D eigenvalue weighted by Gasteiger charge is -2.11. The second-order valence-electron chi connectivity index (χ2n) is 5.96. The molecule has 0 saturated carbocycles. The number of nitro benzene ring substituents is 1. The first-order valence-corrected chi connectivity index (χ1v) is 9.76. The van der Waals surface area contributed by atoms with Crippen LogP contribution in [-0.2, 0) is 4.79 Å². The maximum atomic E-state index is 13.0. The van der Waals surface area contributed by atoms with Crippen LogP contribution in [0.2, 0.25) is 0 Å². The number of hydrogen-bond donors (Lipinski definition) is 1. The number of benzene rings is 3. The average Bonchev–Trinajstić information content (AvgIpc) is 2.73. The number of hydrogen-bond acceptors (Lipinski definition) is 4. The molecule has 140 valence electrons. The molecule has 0 aromatic heterocycles. The second-order valence-corrected chi connectivity index (χ2v) is 6.84. The predicted octanol–water partition coefficient (Wildman–Crippen LogP) is 5.50. The van der Waals surface area contributed by atoms with Gasteiger partial charge in [0, 0.05) is 28.3 Å². The molecule has 0 unspecified atom stereocenters. The number of thioether (sulfide) groups is 1. The van der Waals surface area contributed by atoms with E-state index in [1.54, 1.807) is 30.0 Å². The van der Waals surface area contributed by atoms with Crippen LogP contribution >= 0.6 is 11.8 Å². The van der Waals surface area contributed by atoms with Gasteiger partial charge < -0.3 is 5.32 Å². The van der Waals surface area contributed by atoms with Gasteiger partial charge in [0.1, 0.15) is 0 Å². The predicted molar refractivity (Wildman–Crippen MR) is 114 cm³/mol. The summed E-state index contributed by atoms with van der Waals surface area (Å²) >= 11 is 1.59. The molecule has 0 aliphatic rings. The van der Waals surface area contributed by atoms with Gasteiger partial charge in [-0.25, -0.2) is 0 Å². The molecule has 1 amide bonds.